The van der Waals surface area contributed by atoms with Crippen molar-refractivity contribution >= 4 is 0 Å². The van der Waals surface area contributed by atoms with Crippen LogP contribution in [0.3, 0.4) is 0 Å². The second kappa shape index (κ2) is 10.8. The molecule has 5 rings (SSSR count). The molecule has 0 aromatic heterocycles. The fraction of sp³-hybridized carbons (Fsp3) is 0.351. The first kappa shape index (κ1) is 27.4. The Bertz CT molecular complexity index is 1280. The molecule has 0 radical (unpaired) electrons. The van der Waals surface area contributed by atoms with E-state index in [2.05, 4.69) is 144 Å². The highest BCUT2D eigenvalue weighted by molar-refractivity contribution is 5.45. The molecule has 4 aromatic carbocycles. The van der Waals surface area contributed by atoms with Gasteiger partial charge in [-0.25, -0.2) is 0 Å². The van der Waals surface area contributed by atoms with Crippen LogP contribution in [0.1, 0.15) is 84.5 Å². The highest BCUT2D eigenvalue weighted by Crippen LogP contribution is 2.38. The maximum absolute atomic E-state index is 10.4. The SMILES string of the molecule is Cc1ccc(C(C)(C)c2ccc(C(c3ccc(C(C)(C)c4ccc(C)cc4)cc3)C3CC(O)CN3)cc2)cc1. The van der Waals surface area contributed by atoms with Gasteiger partial charge in [0, 0.05) is 29.3 Å². The number of benzene rings is 4. The normalized spacial score (nSPS) is 18.1. The maximum atomic E-state index is 10.4. The molecule has 2 unspecified atom stereocenters. The van der Waals surface area contributed by atoms with Gasteiger partial charge in [0.15, 0.2) is 0 Å². The molecular formula is C37H43NO. The second-order valence-electron chi connectivity index (χ2n) is 12.6. The van der Waals surface area contributed by atoms with Crippen molar-refractivity contribution < 1.29 is 5.11 Å². The summed E-state index contributed by atoms with van der Waals surface area (Å²) in [5.41, 5.74) is 10.3. The topological polar surface area (TPSA) is 32.3 Å². The zero-order valence-electron chi connectivity index (χ0n) is 24.3. The van der Waals surface area contributed by atoms with Crippen molar-refractivity contribution in [3.63, 3.8) is 0 Å². The van der Waals surface area contributed by atoms with Crippen molar-refractivity contribution in [3.8, 4) is 0 Å². The average Bonchev–Trinajstić information content (AvgIpc) is 3.35. The van der Waals surface area contributed by atoms with Crippen LogP contribution in [0.2, 0.25) is 0 Å². The number of nitrogens with one attached hydrogen (secondary N) is 1. The summed E-state index contributed by atoms with van der Waals surface area (Å²) in [6, 6.07) is 36.3. The quantitative estimate of drug-likeness (QED) is 0.262. The van der Waals surface area contributed by atoms with E-state index in [-0.39, 0.29) is 28.9 Å². The van der Waals surface area contributed by atoms with E-state index >= 15 is 0 Å². The Morgan fingerprint density at radius 3 is 1.23 bits per heavy atom. The van der Waals surface area contributed by atoms with Crippen molar-refractivity contribution in [3.05, 3.63) is 142 Å². The van der Waals surface area contributed by atoms with Gasteiger partial charge in [-0.1, -0.05) is 136 Å². The molecular weight excluding hydrogens is 474 g/mol. The molecule has 0 amide bonds. The molecule has 39 heavy (non-hydrogen) atoms. The Balaban J connectivity index is 1.46. The minimum Gasteiger partial charge on any atom is -0.392 e. The summed E-state index contributed by atoms with van der Waals surface area (Å²) in [5.74, 6) is 0.176. The molecule has 0 bridgehead atoms. The molecule has 0 saturated carbocycles. The molecule has 1 heterocycles. The largest absolute Gasteiger partial charge is 0.392 e. The lowest BCUT2D eigenvalue weighted by molar-refractivity contribution is 0.192. The molecule has 0 spiro atoms. The monoisotopic (exact) mass is 517 g/mol. The van der Waals surface area contributed by atoms with Crippen LogP contribution in [-0.4, -0.2) is 23.8 Å². The number of hydrogen-bond donors (Lipinski definition) is 2. The van der Waals surface area contributed by atoms with Crippen molar-refractivity contribution in [1.29, 1.82) is 0 Å². The zero-order chi connectivity index (χ0) is 27.8. The van der Waals surface area contributed by atoms with Crippen LogP contribution >= 0.6 is 0 Å². The van der Waals surface area contributed by atoms with Gasteiger partial charge < -0.3 is 10.4 Å². The predicted molar refractivity (Wildman–Crippen MR) is 164 cm³/mol. The third kappa shape index (κ3) is 5.60. The van der Waals surface area contributed by atoms with Crippen LogP contribution in [0.4, 0.5) is 0 Å². The molecule has 1 saturated heterocycles. The number of aryl methyl sites for hydroxylation is 2. The predicted octanol–water partition coefficient (Wildman–Crippen LogP) is 7.81. The summed E-state index contributed by atoms with van der Waals surface area (Å²) in [4.78, 5) is 0. The first-order valence-corrected chi connectivity index (χ1v) is 14.3. The van der Waals surface area contributed by atoms with Crippen molar-refractivity contribution in [2.75, 3.05) is 6.54 Å². The summed E-state index contributed by atoms with van der Waals surface area (Å²) in [5, 5.41) is 14.0. The third-order valence-corrected chi connectivity index (χ3v) is 9.07. The van der Waals surface area contributed by atoms with Crippen molar-refractivity contribution in [2.45, 2.75) is 76.9 Å². The highest BCUT2D eigenvalue weighted by atomic mass is 16.3. The van der Waals surface area contributed by atoms with Gasteiger partial charge in [-0.05, 0) is 53.6 Å². The molecule has 0 aliphatic carbocycles. The Morgan fingerprint density at radius 2 is 0.923 bits per heavy atom. The standard InChI is InChI=1S/C37H43NO/c1-25-7-15-29(16-8-25)36(3,4)31-19-11-27(12-20-31)35(34-23-33(39)24-38-34)28-13-21-32(22-14-28)37(5,6)30-17-9-26(2)10-18-30/h7-22,33-35,38-39H,23-24H2,1-6H3. The van der Waals surface area contributed by atoms with Gasteiger partial charge in [0.05, 0.1) is 6.10 Å². The Kier molecular flexibility index (Phi) is 7.55. The average molecular weight is 518 g/mol. The molecule has 1 fully saturated rings. The van der Waals surface area contributed by atoms with Crippen LogP contribution < -0.4 is 5.32 Å². The van der Waals surface area contributed by atoms with Gasteiger partial charge in [-0.3, -0.25) is 0 Å². The minimum atomic E-state index is -0.294. The number of hydrogen-bond acceptors (Lipinski definition) is 2. The number of β-amino-alcohol motifs (C(OH)–C–C–N with tert-alkyl or cyclic N) is 1. The van der Waals surface area contributed by atoms with Gasteiger partial charge in [-0.15, -0.1) is 0 Å². The molecule has 4 aromatic rings. The van der Waals surface area contributed by atoms with Gasteiger partial charge in [0.1, 0.15) is 0 Å². The third-order valence-electron chi connectivity index (χ3n) is 9.07. The van der Waals surface area contributed by atoms with Crippen LogP contribution in [0.15, 0.2) is 97.1 Å². The molecule has 2 nitrogen and oxygen atoms in total. The Labute approximate surface area is 235 Å². The Morgan fingerprint density at radius 1 is 0.590 bits per heavy atom. The van der Waals surface area contributed by atoms with E-state index in [0.29, 0.717) is 6.54 Å². The summed E-state index contributed by atoms with van der Waals surface area (Å²) in [6.45, 7) is 14.1. The second-order valence-corrected chi connectivity index (χ2v) is 12.6. The number of rotatable bonds is 7. The van der Waals surface area contributed by atoms with Gasteiger partial charge in [0.25, 0.3) is 0 Å². The van der Waals surface area contributed by atoms with E-state index in [1.807, 2.05) is 0 Å². The summed E-state index contributed by atoms with van der Waals surface area (Å²) >= 11 is 0. The first-order valence-electron chi connectivity index (χ1n) is 14.3. The molecule has 202 valence electrons. The lowest BCUT2D eigenvalue weighted by Gasteiger charge is -2.30. The first-order chi connectivity index (χ1) is 18.6. The van der Waals surface area contributed by atoms with Gasteiger partial charge >= 0.3 is 0 Å². The van der Waals surface area contributed by atoms with Crippen LogP contribution in [0.25, 0.3) is 0 Å². The number of aliphatic hydroxyl groups is 1. The fourth-order valence-corrected chi connectivity index (χ4v) is 6.15. The summed E-state index contributed by atoms with van der Waals surface area (Å²) in [7, 11) is 0. The van der Waals surface area contributed by atoms with E-state index in [0.717, 1.165) is 6.42 Å². The Hall–Kier alpha value is -3.20. The summed E-state index contributed by atoms with van der Waals surface area (Å²) < 4.78 is 0. The van der Waals surface area contributed by atoms with E-state index in [1.54, 1.807) is 0 Å². The molecule has 2 heteroatoms. The lowest BCUT2D eigenvalue weighted by atomic mass is 9.75. The zero-order valence-corrected chi connectivity index (χ0v) is 24.3. The van der Waals surface area contributed by atoms with E-state index in [1.165, 1.54) is 44.5 Å². The van der Waals surface area contributed by atoms with E-state index in [9.17, 15) is 5.11 Å². The van der Waals surface area contributed by atoms with Crippen LogP contribution in [0, 0.1) is 13.8 Å². The summed E-state index contributed by atoms with van der Waals surface area (Å²) in [6.07, 6.45) is 0.467. The fourth-order valence-electron chi connectivity index (χ4n) is 6.15. The molecule has 1 aliphatic rings. The van der Waals surface area contributed by atoms with Crippen molar-refractivity contribution in [2.24, 2.45) is 0 Å². The van der Waals surface area contributed by atoms with Gasteiger partial charge in [0.2, 0.25) is 0 Å². The highest BCUT2D eigenvalue weighted by Gasteiger charge is 2.33. The van der Waals surface area contributed by atoms with Crippen molar-refractivity contribution in [1.82, 2.24) is 5.32 Å². The van der Waals surface area contributed by atoms with Crippen LogP contribution in [0.5, 0.6) is 0 Å². The number of aliphatic hydroxyl groups excluding tert-OH is 1. The molecule has 1 aliphatic heterocycles. The minimum absolute atomic E-state index is 0.0766. The maximum Gasteiger partial charge on any atom is 0.0679 e. The van der Waals surface area contributed by atoms with E-state index < -0.39 is 0 Å². The molecule has 2 N–H and O–H groups in total. The smallest absolute Gasteiger partial charge is 0.0679 e. The van der Waals surface area contributed by atoms with E-state index in [4.69, 9.17) is 0 Å². The molecule has 2 atom stereocenters. The lowest BCUT2D eigenvalue weighted by Crippen LogP contribution is -2.30. The van der Waals surface area contributed by atoms with Crippen LogP contribution in [-0.2, 0) is 10.8 Å². The van der Waals surface area contributed by atoms with Gasteiger partial charge in [-0.2, -0.15) is 0 Å².